The molecule has 1 aromatic carbocycles. The molecule has 0 saturated carbocycles. The number of aromatic nitrogens is 3. The zero-order valence-corrected chi connectivity index (χ0v) is 14.1. The molecule has 3 heterocycles. The summed E-state index contributed by atoms with van der Waals surface area (Å²) in [7, 11) is 0. The molecule has 4 rings (SSSR count). The van der Waals surface area contributed by atoms with Crippen LogP contribution in [-0.2, 0) is 17.9 Å². The third-order valence-electron chi connectivity index (χ3n) is 4.18. The fourth-order valence-corrected chi connectivity index (χ4v) is 2.79. The standard InChI is InChI=1S/C18H15FN4O4/c19-14-4-1-12(2-5-14)13-3-6-15(20-7-13)10-26-16-8-22-9-17(23(24)25)21-18(22)27-11-16/h1-7,9,16H,8,10-11H2/t16-/m0/s1. The van der Waals surface area contributed by atoms with Crippen LogP contribution in [0, 0.1) is 15.9 Å². The van der Waals surface area contributed by atoms with Crippen molar-refractivity contribution in [1.82, 2.24) is 14.5 Å². The lowest BCUT2D eigenvalue weighted by Gasteiger charge is -2.22. The maximum atomic E-state index is 13.0. The molecule has 9 heteroatoms. The second kappa shape index (κ2) is 7.12. The average molecular weight is 370 g/mol. The summed E-state index contributed by atoms with van der Waals surface area (Å²) in [6.07, 6.45) is 2.78. The van der Waals surface area contributed by atoms with E-state index in [0.717, 1.165) is 16.8 Å². The number of imidazole rings is 1. The number of fused-ring (bicyclic) bond motifs is 1. The van der Waals surface area contributed by atoms with Gasteiger partial charge in [-0.05, 0) is 28.7 Å². The van der Waals surface area contributed by atoms with E-state index in [4.69, 9.17) is 9.47 Å². The lowest BCUT2D eigenvalue weighted by atomic mass is 10.1. The number of nitro groups is 1. The molecule has 3 aromatic rings. The van der Waals surface area contributed by atoms with Crippen LogP contribution >= 0.6 is 0 Å². The lowest BCUT2D eigenvalue weighted by Crippen LogP contribution is -2.32. The number of benzene rings is 1. The number of hydrogen-bond donors (Lipinski definition) is 0. The van der Waals surface area contributed by atoms with Crippen molar-refractivity contribution in [3.63, 3.8) is 0 Å². The van der Waals surface area contributed by atoms with Crippen LogP contribution in [0.2, 0.25) is 0 Å². The minimum absolute atomic E-state index is 0.225. The number of rotatable bonds is 5. The van der Waals surface area contributed by atoms with Crippen LogP contribution in [0.4, 0.5) is 10.2 Å². The Balaban J connectivity index is 1.36. The Morgan fingerprint density at radius 1 is 1.26 bits per heavy atom. The number of hydrogen-bond acceptors (Lipinski definition) is 6. The Bertz CT molecular complexity index is 956. The number of halogens is 1. The smallest absolute Gasteiger partial charge is 0.414 e. The third-order valence-corrected chi connectivity index (χ3v) is 4.18. The molecule has 2 aromatic heterocycles. The van der Waals surface area contributed by atoms with Gasteiger partial charge in [-0.3, -0.25) is 9.55 Å². The zero-order valence-electron chi connectivity index (χ0n) is 14.1. The second-order valence-electron chi connectivity index (χ2n) is 6.08. The predicted molar refractivity (Wildman–Crippen MR) is 92.6 cm³/mol. The summed E-state index contributed by atoms with van der Waals surface area (Å²) in [5.74, 6) is -0.526. The summed E-state index contributed by atoms with van der Waals surface area (Å²) >= 11 is 0. The molecule has 138 valence electrons. The van der Waals surface area contributed by atoms with E-state index in [2.05, 4.69) is 9.97 Å². The Labute approximate surface area is 153 Å². The van der Waals surface area contributed by atoms with Crippen LogP contribution in [0.15, 0.2) is 48.8 Å². The van der Waals surface area contributed by atoms with E-state index in [9.17, 15) is 14.5 Å². The van der Waals surface area contributed by atoms with Gasteiger partial charge in [0.25, 0.3) is 0 Å². The van der Waals surface area contributed by atoms with Crippen LogP contribution < -0.4 is 4.74 Å². The molecule has 0 amide bonds. The third kappa shape index (κ3) is 3.77. The first-order chi connectivity index (χ1) is 13.1. The van der Waals surface area contributed by atoms with Crippen molar-refractivity contribution in [2.45, 2.75) is 19.3 Å². The first kappa shape index (κ1) is 17.1. The molecule has 0 unspecified atom stereocenters. The van der Waals surface area contributed by atoms with E-state index < -0.39 is 4.92 Å². The van der Waals surface area contributed by atoms with Gasteiger partial charge in [-0.1, -0.05) is 18.2 Å². The van der Waals surface area contributed by atoms with Crippen LogP contribution in [0.25, 0.3) is 11.1 Å². The summed E-state index contributed by atoms with van der Waals surface area (Å²) in [6.45, 7) is 0.968. The average Bonchev–Trinajstić information content (AvgIpc) is 3.11. The van der Waals surface area contributed by atoms with Gasteiger partial charge < -0.3 is 19.6 Å². The zero-order chi connectivity index (χ0) is 18.8. The van der Waals surface area contributed by atoms with Gasteiger partial charge >= 0.3 is 11.8 Å². The highest BCUT2D eigenvalue weighted by Crippen LogP contribution is 2.23. The van der Waals surface area contributed by atoms with Gasteiger partial charge in [-0.25, -0.2) is 4.39 Å². The lowest BCUT2D eigenvalue weighted by molar-refractivity contribution is -0.389. The number of ether oxygens (including phenoxy) is 2. The highest BCUT2D eigenvalue weighted by Gasteiger charge is 2.28. The molecule has 0 fully saturated rings. The summed E-state index contributed by atoms with van der Waals surface area (Å²) in [6, 6.07) is 10.2. The highest BCUT2D eigenvalue weighted by atomic mass is 19.1. The molecule has 0 radical (unpaired) electrons. The second-order valence-corrected chi connectivity index (χ2v) is 6.08. The Hall–Kier alpha value is -3.33. The molecule has 0 saturated heterocycles. The summed E-state index contributed by atoms with van der Waals surface area (Å²) in [5, 5.41) is 10.8. The molecule has 1 aliphatic rings. The van der Waals surface area contributed by atoms with Crippen LogP contribution in [0.1, 0.15) is 5.69 Å². The van der Waals surface area contributed by atoms with E-state index in [1.165, 1.54) is 18.3 Å². The molecular weight excluding hydrogens is 355 g/mol. The van der Waals surface area contributed by atoms with Gasteiger partial charge in [0.1, 0.15) is 24.7 Å². The van der Waals surface area contributed by atoms with Crippen molar-refractivity contribution < 1.29 is 18.8 Å². The fourth-order valence-electron chi connectivity index (χ4n) is 2.79. The SMILES string of the molecule is O=[N+]([O-])c1cn2c(n1)OC[C@@H](OCc1ccc(-c3ccc(F)cc3)cn1)C2. The van der Waals surface area contributed by atoms with Crippen LogP contribution in [-0.4, -0.2) is 32.2 Å². The Morgan fingerprint density at radius 2 is 2.04 bits per heavy atom. The minimum Gasteiger partial charge on any atom is -0.443 e. The highest BCUT2D eigenvalue weighted by molar-refractivity contribution is 5.62. The molecule has 0 spiro atoms. The van der Waals surface area contributed by atoms with Gasteiger partial charge in [-0.15, -0.1) is 0 Å². The van der Waals surface area contributed by atoms with E-state index >= 15 is 0 Å². The maximum absolute atomic E-state index is 13.0. The number of pyridine rings is 1. The van der Waals surface area contributed by atoms with Gasteiger partial charge in [0.2, 0.25) is 0 Å². The monoisotopic (exact) mass is 370 g/mol. The fraction of sp³-hybridized carbons (Fsp3) is 0.222. The Morgan fingerprint density at radius 3 is 2.74 bits per heavy atom. The molecular formula is C18H15FN4O4. The number of nitrogens with zero attached hydrogens (tertiary/aromatic N) is 4. The van der Waals surface area contributed by atoms with Gasteiger partial charge in [0, 0.05) is 16.7 Å². The molecule has 0 aliphatic carbocycles. The van der Waals surface area contributed by atoms with Gasteiger partial charge in [0.15, 0.2) is 0 Å². The van der Waals surface area contributed by atoms with Crippen molar-refractivity contribution in [2.75, 3.05) is 6.61 Å². The van der Waals surface area contributed by atoms with Crippen molar-refractivity contribution in [2.24, 2.45) is 0 Å². The van der Waals surface area contributed by atoms with Crippen LogP contribution in [0.5, 0.6) is 6.01 Å². The van der Waals surface area contributed by atoms with Crippen molar-refractivity contribution in [3.8, 4) is 17.1 Å². The summed E-state index contributed by atoms with van der Waals surface area (Å²) in [4.78, 5) is 18.4. The van der Waals surface area contributed by atoms with Crippen molar-refractivity contribution in [1.29, 1.82) is 0 Å². The predicted octanol–water partition coefficient (Wildman–Crippen LogP) is 2.97. The first-order valence-electron chi connectivity index (χ1n) is 8.25. The first-order valence-corrected chi connectivity index (χ1v) is 8.25. The van der Waals surface area contributed by atoms with E-state index in [-0.39, 0.29) is 37.0 Å². The van der Waals surface area contributed by atoms with Gasteiger partial charge in [0.05, 0.1) is 18.8 Å². The topological polar surface area (TPSA) is 92.3 Å². The van der Waals surface area contributed by atoms with E-state index in [0.29, 0.717) is 6.54 Å². The molecule has 27 heavy (non-hydrogen) atoms. The Kier molecular flexibility index (Phi) is 4.51. The van der Waals surface area contributed by atoms with E-state index in [1.54, 1.807) is 22.9 Å². The maximum Gasteiger partial charge on any atom is 0.414 e. The van der Waals surface area contributed by atoms with Gasteiger partial charge in [-0.2, -0.15) is 0 Å². The van der Waals surface area contributed by atoms with Crippen molar-refractivity contribution >= 4 is 5.82 Å². The largest absolute Gasteiger partial charge is 0.443 e. The molecule has 8 nitrogen and oxygen atoms in total. The molecule has 1 atom stereocenters. The minimum atomic E-state index is -0.558. The summed E-state index contributed by atoms with van der Waals surface area (Å²) < 4.78 is 25.8. The summed E-state index contributed by atoms with van der Waals surface area (Å²) in [5.41, 5.74) is 2.50. The molecule has 1 aliphatic heterocycles. The molecule has 0 bridgehead atoms. The van der Waals surface area contributed by atoms with Crippen LogP contribution in [0.3, 0.4) is 0 Å². The van der Waals surface area contributed by atoms with E-state index in [1.807, 2.05) is 12.1 Å². The molecule has 0 N–H and O–H groups in total. The quantitative estimate of drug-likeness (QED) is 0.506. The van der Waals surface area contributed by atoms with Crippen molar-refractivity contribution in [3.05, 3.63) is 70.4 Å². The normalized spacial score (nSPS) is 15.8.